The zero-order chi connectivity index (χ0) is 22.2. The number of guanidine groups is 2. The van der Waals surface area contributed by atoms with Crippen LogP contribution >= 0.6 is 12.1 Å². The largest absolute Gasteiger partial charge is 0.367 e. The van der Waals surface area contributed by atoms with Crippen LogP contribution < -0.4 is 11.1 Å². The molecule has 0 bridgehead atoms. The highest BCUT2D eigenvalue weighted by Gasteiger charge is 2.43. The number of aryl methyl sites for hydroxylation is 1. The van der Waals surface area contributed by atoms with E-state index in [0.29, 0.717) is 5.96 Å². The van der Waals surface area contributed by atoms with E-state index in [2.05, 4.69) is 55.1 Å². The number of unbranched alkanes of at least 4 members (excludes halogenated alkanes) is 1. The predicted molar refractivity (Wildman–Crippen MR) is 133 cm³/mol. The number of aliphatic imine (C=N–C) groups is 1. The van der Waals surface area contributed by atoms with Gasteiger partial charge in [-0.2, -0.15) is 9.39 Å². The lowest BCUT2D eigenvalue weighted by Gasteiger charge is -2.48. The van der Waals surface area contributed by atoms with Crippen LogP contribution in [0.2, 0.25) is 0 Å². The summed E-state index contributed by atoms with van der Waals surface area (Å²) in [7, 11) is 0. The summed E-state index contributed by atoms with van der Waals surface area (Å²) in [5.41, 5.74) is 8.42. The molecule has 0 amide bonds. The molecular weight excluding hydrogens is 420 g/mol. The molecule has 0 radical (unpaired) electrons. The Hall–Kier alpha value is -1.77. The topological polar surface area (TPSA) is 78.5 Å². The molecule has 176 valence electrons. The van der Waals surface area contributed by atoms with Crippen molar-refractivity contribution in [2.45, 2.75) is 70.4 Å². The Balaban J connectivity index is 1.37. The summed E-state index contributed by atoms with van der Waals surface area (Å²) in [6, 6.07) is 8.91. The summed E-state index contributed by atoms with van der Waals surface area (Å²) in [5, 5.41) is 3.46. The van der Waals surface area contributed by atoms with Crippen molar-refractivity contribution in [3.63, 3.8) is 0 Å². The van der Waals surface area contributed by atoms with Crippen LogP contribution in [-0.4, -0.2) is 53.9 Å². The van der Waals surface area contributed by atoms with Crippen LogP contribution in [0.3, 0.4) is 0 Å². The molecular formula is C24H38N6OS. The maximum atomic E-state index is 6.82. The van der Waals surface area contributed by atoms with Crippen LogP contribution in [0, 0.1) is 0 Å². The molecule has 1 atom stereocenters. The fourth-order valence-corrected chi connectivity index (χ4v) is 5.62. The van der Waals surface area contributed by atoms with Crippen molar-refractivity contribution in [1.29, 1.82) is 0 Å². The number of piperidine rings is 1. The van der Waals surface area contributed by atoms with Crippen LogP contribution in [0.5, 0.6) is 0 Å². The normalized spacial score (nSPS) is 24.0. The number of benzene rings is 1. The van der Waals surface area contributed by atoms with Crippen molar-refractivity contribution in [2.75, 3.05) is 32.8 Å². The Bertz CT molecular complexity index is 809. The van der Waals surface area contributed by atoms with Gasteiger partial charge in [-0.3, -0.25) is 9.21 Å². The Morgan fingerprint density at radius 1 is 1.16 bits per heavy atom. The second-order valence-corrected chi connectivity index (χ2v) is 9.68. The van der Waals surface area contributed by atoms with E-state index in [1.807, 2.05) is 0 Å². The lowest BCUT2D eigenvalue weighted by atomic mass is 9.82. The molecule has 0 saturated carbocycles. The van der Waals surface area contributed by atoms with Crippen molar-refractivity contribution < 1.29 is 4.74 Å². The Labute approximate surface area is 197 Å². The van der Waals surface area contributed by atoms with Gasteiger partial charge < -0.3 is 15.8 Å². The minimum absolute atomic E-state index is 0.266. The minimum Gasteiger partial charge on any atom is -0.367 e. The van der Waals surface area contributed by atoms with Gasteiger partial charge in [0, 0.05) is 31.7 Å². The predicted octanol–water partition coefficient (Wildman–Crippen LogP) is 4.01. The Morgan fingerprint density at radius 2 is 2.00 bits per heavy atom. The van der Waals surface area contributed by atoms with E-state index in [9.17, 15) is 0 Å². The molecule has 32 heavy (non-hydrogen) atoms. The van der Waals surface area contributed by atoms with Gasteiger partial charge in [-0.05, 0) is 50.5 Å². The van der Waals surface area contributed by atoms with Gasteiger partial charge in [0.15, 0.2) is 0 Å². The van der Waals surface area contributed by atoms with E-state index in [1.54, 1.807) is 0 Å². The third-order valence-electron chi connectivity index (χ3n) is 6.62. The average molecular weight is 459 g/mol. The van der Waals surface area contributed by atoms with Gasteiger partial charge in [0.25, 0.3) is 0 Å². The molecule has 2 aliphatic heterocycles. The second-order valence-electron chi connectivity index (χ2n) is 8.89. The fourth-order valence-electron chi connectivity index (χ4n) is 5.00. The van der Waals surface area contributed by atoms with Crippen molar-refractivity contribution in [3.05, 3.63) is 35.4 Å². The van der Waals surface area contributed by atoms with Gasteiger partial charge in [-0.25, -0.2) is 0 Å². The maximum Gasteiger partial charge on any atom is 0.231 e. The number of rotatable bonds is 9. The molecule has 8 heteroatoms. The van der Waals surface area contributed by atoms with Gasteiger partial charge in [0.1, 0.15) is 5.72 Å². The first-order chi connectivity index (χ1) is 15.7. The summed E-state index contributed by atoms with van der Waals surface area (Å²) in [5.74, 6) is 1.13. The molecule has 3 N–H and O–H groups in total. The Kier molecular flexibility index (Phi) is 8.32. The minimum atomic E-state index is -0.266. The van der Waals surface area contributed by atoms with Crippen LogP contribution in [-0.2, 0) is 16.9 Å². The van der Waals surface area contributed by atoms with Gasteiger partial charge in [-0.1, -0.05) is 44.0 Å². The first kappa shape index (κ1) is 23.4. The molecule has 3 aliphatic rings. The molecule has 7 nitrogen and oxygen atoms in total. The number of hydrogen-bond donors (Lipinski definition) is 2. The maximum absolute atomic E-state index is 6.82. The molecule has 1 fully saturated rings. The molecule has 1 unspecified atom stereocenters. The SMILES string of the molecule is CCCCN1SN=C(N)N=C1NCCCOC1(N2CCCCC2)CCCc2ccccc21. The first-order valence-corrected chi connectivity index (χ1v) is 13.0. The third kappa shape index (κ3) is 5.41. The quantitative estimate of drug-likeness (QED) is 0.430. The summed E-state index contributed by atoms with van der Waals surface area (Å²) >= 11 is 1.38. The highest BCUT2D eigenvalue weighted by atomic mass is 32.2. The monoisotopic (exact) mass is 458 g/mol. The molecule has 1 aromatic carbocycles. The van der Waals surface area contributed by atoms with E-state index in [1.165, 1.54) is 48.9 Å². The van der Waals surface area contributed by atoms with Gasteiger partial charge in [0.05, 0.1) is 18.7 Å². The molecule has 0 spiro atoms. The lowest BCUT2D eigenvalue weighted by molar-refractivity contribution is -0.180. The number of nitrogens with one attached hydrogen (secondary N) is 1. The van der Waals surface area contributed by atoms with E-state index >= 15 is 0 Å². The lowest BCUT2D eigenvalue weighted by Crippen LogP contribution is -2.52. The highest BCUT2D eigenvalue weighted by molar-refractivity contribution is 7.96. The zero-order valence-electron chi connectivity index (χ0n) is 19.4. The van der Waals surface area contributed by atoms with Crippen LogP contribution in [0.15, 0.2) is 33.7 Å². The highest BCUT2D eigenvalue weighted by Crippen LogP contribution is 2.42. The van der Waals surface area contributed by atoms with Crippen molar-refractivity contribution >= 4 is 24.1 Å². The number of ether oxygens (including phenoxy) is 1. The molecule has 0 aromatic heterocycles. The van der Waals surface area contributed by atoms with Crippen LogP contribution in [0.25, 0.3) is 0 Å². The molecule has 1 aliphatic carbocycles. The van der Waals surface area contributed by atoms with Gasteiger partial charge in [-0.15, -0.1) is 0 Å². The number of hydrogen-bond acceptors (Lipinski definition) is 8. The standard InChI is InChI=1S/C24H38N6OS/c1-2-3-18-30-23(27-22(25)28-32-30)26-15-10-19-31-24(29-16-7-4-8-17-29)14-9-12-20-11-5-6-13-21(20)24/h5-6,11,13H,2-4,7-10,12,14-19H2,1H3,(H3,25,26,27,28). The van der Waals surface area contributed by atoms with E-state index in [4.69, 9.17) is 10.5 Å². The van der Waals surface area contributed by atoms with Gasteiger partial charge in [0.2, 0.25) is 11.9 Å². The second kappa shape index (κ2) is 11.4. The summed E-state index contributed by atoms with van der Waals surface area (Å²) in [4.78, 5) is 7.03. The van der Waals surface area contributed by atoms with Crippen molar-refractivity contribution in [3.8, 4) is 0 Å². The van der Waals surface area contributed by atoms with E-state index in [0.717, 1.165) is 70.8 Å². The smallest absolute Gasteiger partial charge is 0.231 e. The molecule has 1 saturated heterocycles. The first-order valence-electron chi connectivity index (χ1n) is 12.3. The molecule has 4 rings (SSSR count). The molecule has 1 aromatic rings. The number of nitrogens with two attached hydrogens (primary N) is 1. The Morgan fingerprint density at radius 3 is 2.84 bits per heavy atom. The number of likely N-dealkylation sites (tertiary alicyclic amines) is 1. The van der Waals surface area contributed by atoms with Crippen molar-refractivity contribution in [1.82, 2.24) is 14.5 Å². The van der Waals surface area contributed by atoms with Crippen LogP contribution in [0.4, 0.5) is 0 Å². The molecule has 2 heterocycles. The fraction of sp³-hybridized carbons (Fsp3) is 0.667. The van der Waals surface area contributed by atoms with Crippen LogP contribution in [0.1, 0.15) is 69.4 Å². The average Bonchev–Trinajstić information content (AvgIpc) is 2.84. The zero-order valence-corrected chi connectivity index (χ0v) is 20.2. The van der Waals surface area contributed by atoms with E-state index < -0.39 is 0 Å². The van der Waals surface area contributed by atoms with Gasteiger partial charge >= 0.3 is 0 Å². The summed E-state index contributed by atoms with van der Waals surface area (Å²) < 4.78 is 13.1. The number of fused-ring (bicyclic) bond motifs is 1. The summed E-state index contributed by atoms with van der Waals surface area (Å²) in [6.45, 7) is 6.88. The number of nitrogens with zero attached hydrogens (tertiary/aromatic N) is 4. The summed E-state index contributed by atoms with van der Waals surface area (Å²) in [6.07, 6.45) is 10.4. The van der Waals surface area contributed by atoms with E-state index in [-0.39, 0.29) is 5.72 Å². The third-order valence-corrected chi connectivity index (χ3v) is 7.44. The van der Waals surface area contributed by atoms with Crippen molar-refractivity contribution in [2.24, 2.45) is 15.1 Å².